The Morgan fingerprint density at radius 2 is 1.09 bits per heavy atom. The summed E-state index contributed by atoms with van der Waals surface area (Å²) in [5, 5.41) is 123. The van der Waals surface area contributed by atoms with Crippen LogP contribution in [-0.2, 0) is 9.47 Å². The van der Waals surface area contributed by atoms with E-state index in [2.05, 4.69) is 0 Å². The normalized spacial score (nSPS) is 31.2. The minimum absolute atomic E-state index is 0.00797. The first-order valence-electron chi connectivity index (χ1n) is 17.9. The van der Waals surface area contributed by atoms with Crippen molar-refractivity contribution in [3.8, 4) is 40.2 Å². The van der Waals surface area contributed by atoms with Crippen molar-refractivity contribution in [3.05, 3.63) is 101 Å². The highest BCUT2D eigenvalue weighted by atomic mass is 16.7. The van der Waals surface area contributed by atoms with Crippen LogP contribution < -0.4 is 14.2 Å². The van der Waals surface area contributed by atoms with Crippen LogP contribution in [0.3, 0.4) is 0 Å². The van der Waals surface area contributed by atoms with Crippen molar-refractivity contribution in [2.75, 3.05) is 13.2 Å². The number of phenolic OH excluding ortho intramolecular Hbond substituents is 4. The molecule has 304 valence electrons. The van der Waals surface area contributed by atoms with E-state index in [9.17, 15) is 61.3 Å². The number of aromatic hydroxyl groups is 4. The molecule has 0 radical (unpaired) electrons. The molecule has 0 bridgehead atoms. The molecule has 2 fully saturated rings. The monoisotopic (exact) mass is 794 g/mol. The van der Waals surface area contributed by atoms with Gasteiger partial charge in [0.1, 0.15) is 95.2 Å². The minimum Gasteiger partial charge on any atom is -0.508 e. The molecule has 0 unspecified atom stereocenters. The number of hydrogen-bond acceptors (Lipinski definition) is 17. The lowest BCUT2D eigenvalue weighted by molar-refractivity contribution is -0.277. The van der Waals surface area contributed by atoms with Crippen molar-refractivity contribution in [1.82, 2.24) is 0 Å². The summed E-state index contributed by atoms with van der Waals surface area (Å²) in [4.78, 5) is 0. The average Bonchev–Trinajstić information content (AvgIpc) is 3.57. The van der Waals surface area contributed by atoms with E-state index in [4.69, 9.17) is 23.7 Å². The van der Waals surface area contributed by atoms with Crippen LogP contribution in [0.1, 0.15) is 39.8 Å². The highest BCUT2D eigenvalue weighted by Crippen LogP contribution is 2.55. The lowest BCUT2D eigenvalue weighted by atomic mass is 9.84. The van der Waals surface area contributed by atoms with E-state index in [1.807, 2.05) is 0 Å². The first-order valence-corrected chi connectivity index (χ1v) is 17.9. The van der Waals surface area contributed by atoms with E-state index in [1.54, 1.807) is 42.5 Å². The van der Waals surface area contributed by atoms with Gasteiger partial charge in [0.25, 0.3) is 0 Å². The molecule has 57 heavy (non-hydrogen) atoms. The number of phenols is 4. The maximum absolute atomic E-state index is 11.4. The van der Waals surface area contributed by atoms with Gasteiger partial charge in [-0.1, -0.05) is 24.3 Å². The molecule has 0 aromatic heterocycles. The van der Waals surface area contributed by atoms with Crippen LogP contribution >= 0.6 is 0 Å². The Morgan fingerprint density at radius 1 is 0.544 bits per heavy atom. The lowest BCUT2D eigenvalue weighted by Gasteiger charge is -2.39. The van der Waals surface area contributed by atoms with E-state index in [0.29, 0.717) is 22.3 Å². The summed E-state index contributed by atoms with van der Waals surface area (Å²) in [5.41, 5.74) is 2.07. The van der Waals surface area contributed by atoms with Crippen LogP contribution in [-0.4, -0.2) is 136 Å². The van der Waals surface area contributed by atoms with Crippen LogP contribution in [0.2, 0.25) is 0 Å². The first kappa shape index (κ1) is 40.0. The van der Waals surface area contributed by atoms with E-state index >= 15 is 0 Å². The second kappa shape index (κ2) is 16.4. The summed E-state index contributed by atoms with van der Waals surface area (Å²) in [7, 11) is 0. The van der Waals surface area contributed by atoms with Gasteiger partial charge in [0.05, 0.1) is 19.1 Å². The van der Waals surface area contributed by atoms with Gasteiger partial charge in [0.15, 0.2) is 0 Å². The fourth-order valence-electron chi connectivity index (χ4n) is 7.16. The summed E-state index contributed by atoms with van der Waals surface area (Å²) < 4.78 is 28.5. The first-order chi connectivity index (χ1) is 27.3. The maximum Gasteiger partial charge on any atom is 0.229 e. The lowest BCUT2D eigenvalue weighted by Crippen LogP contribution is -2.60. The minimum atomic E-state index is -1.69. The summed E-state index contributed by atoms with van der Waals surface area (Å²) in [6, 6.07) is 17.7. The van der Waals surface area contributed by atoms with Gasteiger partial charge >= 0.3 is 0 Å². The Kier molecular flexibility index (Phi) is 11.5. The van der Waals surface area contributed by atoms with Gasteiger partial charge in [-0.25, -0.2) is 0 Å². The predicted octanol–water partition coefficient (Wildman–Crippen LogP) is 0.302. The topological polar surface area (TPSA) is 289 Å². The SMILES string of the molecule is OC[C@H]1O[C@@H](Oc2ccc(/C=C\c3cc(O)c4c(c3)O[C@H](c3ccc(O[C@@H]5O[C@H](CO)[C@@H](O)[C@H](O)[C@H]5O)cc3O)[C@H]4c3cc(O)cc(O)c3)cc2)[C@H](O)[C@@H](O)[C@@H]1O. The third-order valence-electron chi connectivity index (χ3n) is 10.2. The fraction of sp³-hybridized carbons (Fsp3) is 0.350. The molecule has 4 aromatic carbocycles. The smallest absolute Gasteiger partial charge is 0.229 e. The van der Waals surface area contributed by atoms with Crippen molar-refractivity contribution in [3.63, 3.8) is 0 Å². The standard InChI is InChI=1S/C40H42O17/c41-15-28-32(47)34(49)36(51)39(56-28)53-22-5-3-17(4-6-22)1-2-18-9-26(46)31-27(10-18)55-38(30(31)19-11-20(43)13-21(44)12-19)24-8-7-23(14-25(24)45)54-40-37(52)35(50)33(48)29(16-42)57-40/h1-14,28-30,32-52H,15-16H2/b2-1-/t28-,29-,30+,32-,33-,34+,35+,36-,37-,38-,39-,40-/m1/s1. The average molecular weight is 795 g/mol. The largest absolute Gasteiger partial charge is 0.508 e. The molecule has 17 heteroatoms. The van der Waals surface area contributed by atoms with Gasteiger partial charge in [-0.05, 0) is 65.2 Å². The van der Waals surface area contributed by atoms with Gasteiger partial charge in [-0.15, -0.1) is 0 Å². The zero-order chi connectivity index (χ0) is 40.7. The summed E-state index contributed by atoms with van der Waals surface area (Å²) in [6.45, 7) is -1.26. The number of aliphatic hydroxyl groups excluding tert-OH is 8. The second-order valence-corrected chi connectivity index (χ2v) is 14.0. The molecule has 12 atom stereocenters. The van der Waals surface area contributed by atoms with Crippen LogP contribution in [0.15, 0.2) is 72.8 Å². The maximum atomic E-state index is 11.4. The van der Waals surface area contributed by atoms with E-state index in [-0.39, 0.29) is 45.8 Å². The summed E-state index contributed by atoms with van der Waals surface area (Å²) in [5.74, 6) is -1.41. The molecule has 0 spiro atoms. The van der Waals surface area contributed by atoms with Crippen LogP contribution in [0, 0.1) is 0 Å². The van der Waals surface area contributed by atoms with Gasteiger partial charge in [-0.2, -0.15) is 0 Å². The number of hydrogen-bond donors (Lipinski definition) is 12. The van der Waals surface area contributed by atoms with Gasteiger partial charge in [0.2, 0.25) is 12.6 Å². The zero-order valence-corrected chi connectivity index (χ0v) is 29.8. The highest BCUT2D eigenvalue weighted by molar-refractivity contribution is 5.73. The molecule has 12 N–H and O–H groups in total. The van der Waals surface area contributed by atoms with Gasteiger partial charge < -0.3 is 85.0 Å². The Balaban J connectivity index is 1.12. The molecule has 4 aromatic rings. The molecule has 0 aliphatic carbocycles. The van der Waals surface area contributed by atoms with Crippen molar-refractivity contribution in [1.29, 1.82) is 0 Å². The Morgan fingerprint density at radius 3 is 1.65 bits per heavy atom. The Labute approximate surface area is 324 Å². The molecule has 0 saturated carbocycles. The third-order valence-corrected chi connectivity index (χ3v) is 10.2. The molecule has 0 amide bonds. The number of rotatable bonds is 10. The van der Waals surface area contributed by atoms with Crippen LogP contribution in [0.4, 0.5) is 0 Å². The van der Waals surface area contributed by atoms with Gasteiger partial charge in [0, 0.05) is 23.3 Å². The zero-order valence-electron chi connectivity index (χ0n) is 29.8. The molecule has 3 heterocycles. The molecule has 3 aliphatic rings. The molecular formula is C40H42O17. The van der Waals surface area contributed by atoms with Crippen LogP contribution in [0.25, 0.3) is 12.2 Å². The molecule has 2 saturated heterocycles. The van der Waals surface area contributed by atoms with E-state index in [1.165, 1.54) is 36.4 Å². The van der Waals surface area contributed by atoms with Crippen molar-refractivity contribution in [2.24, 2.45) is 0 Å². The number of benzene rings is 4. The van der Waals surface area contributed by atoms with Gasteiger partial charge in [-0.3, -0.25) is 0 Å². The Bertz CT molecular complexity index is 2050. The van der Waals surface area contributed by atoms with Crippen LogP contribution in [0.5, 0.6) is 40.2 Å². The molecular weight excluding hydrogens is 752 g/mol. The highest BCUT2D eigenvalue weighted by Gasteiger charge is 2.46. The number of fused-ring (bicyclic) bond motifs is 1. The van der Waals surface area contributed by atoms with Crippen molar-refractivity contribution >= 4 is 12.2 Å². The number of ether oxygens (including phenoxy) is 5. The fourth-order valence-corrected chi connectivity index (χ4v) is 7.16. The second-order valence-electron chi connectivity index (χ2n) is 14.0. The third kappa shape index (κ3) is 8.03. The van der Waals surface area contributed by atoms with Crippen molar-refractivity contribution in [2.45, 2.75) is 73.4 Å². The summed E-state index contributed by atoms with van der Waals surface area (Å²) in [6.07, 6.45) is -12.4. The van der Waals surface area contributed by atoms with Crippen molar-refractivity contribution < 1.29 is 85.0 Å². The molecule has 17 nitrogen and oxygen atoms in total. The van der Waals surface area contributed by atoms with E-state index in [0.717, 1.165) is 6.07 Å². The molecule has 7 rings (SSSR count). The molecule has 3 aliphatic heterocycles. The summed E-state index contributed by atoms with van der Waals surface area (Å²) >= 11 is 0. The predicted molar refractivity (Wildman–Crippen MR) is 195 cm³/mol. The Hall–Kier alpha value is -5.18. The van der Waals surface area contributed by atoms with E-state index < -0.39 is 86.6 Å². The number of aliphatic hydroxyl groups is 8. The quantitative estimate of drug-likeness (QED) is 0.0962.